The van der Waals surface area contributed by atoms with Gasteiger partial charge in [0.25, 0.3) is 0 Å². The van der Waals surface area contributed by atoms with Crippen molar-refractivity contribution >= 4 is 28.1 Å². The van der Waals surface area contributed by atoms with Crippen LogP contribution in [0.25, 0.3) is 0 Å². The maximum Gasteiger partial charge on any atom is 0.246 e. The van der Waals surface area contributed by atoms with Crippen LogP contribution in [0.5, 0.6) is 0 Å². The number of nitrogens with zero attached hydrogens (tertiary/aromatic N) is 1. The number of amides is 1. The summed E-state index contributed by atoms with van der Waals surface area (Å²) >= 11 is 0. The molecular formula is C15H20N2O3S. The van der Waals surface area contributed by atoms with Gasteiger partial charge >= 0.3 is 0 Å². The van der Waals surface area contributed by atoms with Crippen molar-refractivity contribution in [1.82, 2.24) is 0 Å². The highest BCUT2D eigenvalue weighted by Crippen LogP contribution is 2.32. The number of hydrogen-bond donors (Lipinski definition) is 1. The molecule has 6 heteroatoms. The Labute approximate surface area is 127 Å². The molecule has 0 radical (unpaired) electrons. The second-order valence-electron chi connectivity index (χ2n) is 5.55. The fourth-order valence-electron chi connectivity index (χ4n) is 2.86. The quantitative estimate of drug-likeness (QED) is 0.921. The molecule has 5 nitrogen and oxygen atoms in total. The van der Waals surface area contributed by atoms with E-state index in [9.17, 15) is 9.00 Å². The standard InChI is InChI=1S/C15H20N2O3S/c1-21(19)12-2-3-14-13(8-12)16-9-15(18)17(14)10-11-4-6-20-7-5-11/h2-3,8,11,16H,4-7,9-10H2,1H3. The molecule has 2 aliphatic rings. The van der Waals surface area contributed by atoms with Crippen LogP contribution in [0, 0.1) is 5.92 Å². The summed E-state index contributed by atoms with van der Waals surface area (Å²) in [4.78, 5) is 14.9. The van der Waals surface area contributed by atoms with Gasteiger partial charge in [0.05, 0.1) is 17.9 Å². The van der Waals surface area contributed by atoms with Gasteiger partial charge in [0.2, 0.25) is 5.91 Å². The van der Waals surface area contributed by atoms with Crippen LogP contribution in [0.15, 0.2) is 23.1 Å². The average molecular weight is 308 g/mol. The van der Waals surface area contributed by atoms with Gasteiger partial charge in [-0.05, 0) is 37.0 Å². The maximum absolute atomic E-state index is 12.2. The Kier molecular flexibility index (Phi) is 4.26. The Morgan fingerprint density at radius 2 is 2.14 bits per heavy atom. The SMILES string of the molecule is CS(=O)c1ccc2c(c1)NCC(=O)N2CC1CCOCC1. The summed E-state index contributed by atoms with van der Waals surface area (Å²) in [6, 6.07) is 5.62. The van der Waals surface area contributed by atoms with E-state index >= 15 is 0 Å². The first-order chi connectivity index (χ1) is 10.1. The Balaban J connectivity index is 1.84. The summed E-state index contributed by atoms with van der Waals surface area (Å²) < 4.78 is 17.0. The van der Waals surface area contributed by atoms with E-state index in [1.807, 2.05) is 23.1 Å². The summed E-state index contributed by atoms with van der Waals surface area (Å²) in [5.74, 6) is 0.591. The van der Waals surface area contributed by atoms with E-state index in [2.05, 4.69) is 5.32 Å². The zero-order chi connectivity index (χ0) is 14.8. The molecule has 1 atom stereocenters. The van der Waals surface area contributed by atoms with Crippen LogP contribution in [0.2, 0.25) is 0 Å². The molecule has 21 heavy (non-hydrogen) atoms. The zero-order valence-electron chi connectivity index (χ0n) is 12.1. The molecule has 2 heterocycles. The van der Waals surface area contributed by atoms with Crippen LogP contribution in [-0.4, -0.2) is 42.7 Å². The van der Waals surface area contributed by atoms with Crippen molar-refractivity contribution in [2.24, 2.45) is 5.92 Å². The number of fused-ring (bicyclic) bond motifs is 1. The third-order valence-electron chi connectivity index (χ3n) is 4.10. The van der Waals surface area contributed by atoms with Crippen LogP contribution in [0.3, 0.4) is 0 Å². The van der Waals surface area contributed by atoms with E-state index in [0.29, 0.717) is 12.5 Å². The third-order valence-corrected chi connectivity index (χ3v) is 5.02. The van der Waals surface area contributed by atoms with Gasteiger partial charge in [-0.25, -0.2) is 0 Å². The fourth-order valence-corrected chi connectivity index (χ4v) is 3.40. The monoisotopic (exact) mass is 308 g/mol. The smallest absolute Gasteiger partial charge is 0.246 e. The van der Waals surface area contributed by atoms with Crippen molar-refractivity contribution in [3.8, 4) is 0 Å². The predicted octanol–water partition coefficient (Wildman–Crippen LogP) is 1.61. The van der Waals surface area contributed by atoms with Crippen LogP contribution in [0.1, 0.15) is 12.8 Å². The van der Waals surface area contributed by atoms with Crippen molar-refractivity contribution in [1.29, 1.82) is 0 Å². The molecule has 0 bridgehead atoms. The average Bonchev–Trinajstić information content (AvgIpc) is 2.50. The second kappa shape index (κ2) is 6.15. The molecule has 1 N–H and O–H groups in total. The van der Waals surface area contributed by atoms with Gasteiger partial charge in [0.15, 0.2) is 0 Å². The summed E-state index contributed by atoms with van der Waals surface area (Å²) in [6.07, 6.45) is 3.67. The number of anilines is 2. The topological polar surface area (TPSA) is 58.6 Å². The van der Waals surface area contributed by atoms with Gasteiger partial charge in [-0.3, -0.25) is 9.00 Å². The Morgan fingerprint density at radius 3 is 2.86 bits per heavy atom. The van der Waals surface area contributed by atoms with E-state index < -0.39 is 10.8 Å². The number of carbonyl (C=O) groups excluding carboxylic acids is 1. The fraction of sp³-hybridized carbons (Fsp3) is 0.533. The Bertz CT molecular complexity index is 570. The lowest BCUT2D eigenvalue weighted by Gasteiger charge is -2.34. The van der Waals surface area contributed by atoms with Gasteiger partial charge in [-0.1, -0.05) is 0 Å². The van der Waals surface area contributed by atoms with E-state index in [0.717, 1.165) is 48.9 Å². The van der Waals surface area contributed by atoms with Crippen molar-refractivity contribution in [3.63, 3.8) is 0 Å². The minimum absolute atomic E-state index is 0.0966. The lowest BCUT2D eigenvalue weighted by molar-refractivity contribution is -0.117. The van der Waals surface area contributed by atoms with Gasteiger partial charge < -0.3 is 15.0 Å². The minimum Gasteiger partial charge on any atom is -0.381 e. The van der Waals surface area contributed by atoms with E-state index in [1.165, 1.54) is 0 Å². The van der Waals surface area contributed by atoms with Gasteiger partial charge in [-0.2, -0.15) is 0 Å². The molecule has 3 rings (SSSR count). The van der Waals surface area contributed by atoms with E-state index in [4.69, 9.17) is 4.74 Å². The summed E-state index contributed by atoms with van der Waals surface area (Å²) in [6.45, 7) is 2.61. The van der Waals surface area contributed by atoms with E-state index in [-0.39, 0.29) is 5.91 Å². The van der Waals surface area contributed by atoms with Gasteiger partial charge in [-0.15, -0.1) is 0 Å². The number of benzene rings is 1. The molecule has 1 amide bonds. The van der Waals surface area contributed by atoms with Gasteiger partial charge in [0.1, 0.15) is 0 Å². The van der Waals surface area contributed by atoms with Crippen molar-refractivity contribution in [2.45, 2.75) is 17.7 Å². The first-order valence-corrected chi connectivity index (χ1v) is 8.80. The molecule has 0 saturated carbocycles. The Hall–Kier alpha value is -1.40. The zero-order valence-corrected chi connectivity index (χ0v) is 12.9. The summed E-state index contributed by atoms with van der Waals surface area (Å²) in [5.41, 5.74) is 1.79. The van der Waals surface area contributed by atoms with Crippen LogP contribution < -0.4 is 10.2 Å². The lowest BCUT2D eigenvalue weighted by atomic mass is 9.99. The molecule has 1 saturated heterocycles. The maximum atomic E-state index is 12.2. The first kappa shape index (κ1) is 14.5. The lowest BCUT2D eigenvalue weighted by Crippen LogP contribution is -2.43. The molecule has 0 aromatic heterocycles. The van der Waals surface area contributed by atoms with Crippen molar-refractivity contribution < 1.29 is 13.7 Å². The predicted molar refractivity (Wildman–Crippen MR) is 83.2 cm³/mol. The summed E-state index contributed by atoms with van der Waals surface area (Å²) in [7, 11) is -1.01. The highest BCUT2D eigenvalue weighted by molar-refractivity contribution is 7.84. The normalized spacial score (nSPS) is 20.8. The first-order valence-electron chi connectivity index (χ1n) is 7.24. The molecule has 2 aliphatic heterocycles. The molecule has 1 fully saturated rings. The largest absolute Gasteiger partial charge is 0.381 e. The number of carbonyl (C=O) groups is 1. The molecule has 0 aliphatic carbocycles. The number of nitrogens with one attached hydrogen (secondary N) is 1. The highest BCUT2D eigenvalue weighted by Gasteiger charge is 2.27. The van der Waals surface area contributed by atoms with Crippen molar-refractivity contribution in [2.75, 3.05) is 42.8 Å². The number of hydrogen-bond acceptors (Lipinski definition) is 4. The minimum atomic E-state index is -1.01. The van der Waals surface area contributed by atoms with Gasteiger partial charge in [0, 0.05) is 41.7 Å². The number of ether oxygens (including phenoxy) is 1. The highest BCUT2D eigenvalue weighted by atomic mass is 32.2. The summed E-state index contributed by atoms with van der Waals surface area (Å²) in [5, 5.41) is 3.12. The van der Waals surface area contributed by atoms with E-state index in [1.54, 1.807) is 6.26 Å². The van der Waals surface area contributed by atoms with Crippen LogP contribution in [-0.2, 0) is 20.3 Å². The molecule has 1 aromatic carbocycles. The molecule has 1 aromatic rings. The Morgan fingerprint density at radius 1 is 1.38 bits per heavy atom. The second-order valence-corrected chi connectivity index (χ2v) is 6.93. The van der Waals surface area contributed by atoms with Crippen molar-refractivity contribution in [3.05, 3.63) is 18.2 Å². The molecule has 114 valence electrons. The van der Waals surface area contributed by atoms with Crippen LogP contribution >= 0.6 is 0 Å². The van der Waals surface area contributed by atoms with Crippen LogP contribution in [0.4, 0.5) is 11.4 Å². The third kappa shape index (κ3) is 3.11. The molecule has 1 unspecified atom stereocenters. The molecular weight excluding hydrogens is 288 g/mol. The molecule has 0 spiro atoms. The number of rotatable bonds is 3.